The number of carbonyl (C=O) groups is 2. The molecule has 0 aromatic heterocycles. The average molecular weight is 347 g/mol. The maximum absolute atomic E-state index is 9.10. The van der Waals surface area contributed by atoms with E-state index in [1.807, 2.05) is 6.07 Å². The number of ether oxygens (including phenoxy) is 1. The number of hydrogen-bond donors (Lipinski definition) is 2. The van der Waals surface area contributed by atoms with Gasteiger partial charge in [0.1, 0.15) is 12.4 Å². The van der Waals surface area contributed by atoms with E-state index in [4.69, 9.17) is 24.5 Å². The van der Waals surface area contributed by atoms with Gasteiger partial charge in [0, 0.05) is 11.9 Å². The van der Waals surface area contributed by atoms with Crippen molar-refractivity contribution in [2.24, 2.45) is 0 Å². The maximum Gasteiger partial charge on any atom is 0.414 e. The first-order valence-corrected chi connectivity index (χ1v) is 8.21. The van der Waals surface area contributed by atoms with Crippen LogP contribution in [0.15, 0.2) is 42.5 Å². The summed E-state index contributed by atoms with van der Waals surface area (Å²) in [5.74, 6) is -2.66. The minimum Gasteiger partial charge on any atom is -0.492 e. The van der Waals surface area contributed by atoms with Crippen molar-refractivity contribution in [1.29, 1.82) is 0 Å². The van der Waals surface area contributed by atoms with Crippen LogP contribution in [0.1, 0.15) is 19.8 Å². The molecule has 0 saturated carbocycles. The van der Waals surface area contributed by atoms with Crippen LogP contribution in [0.4, 0.5) is 0 Å². The van der Waals surface area contributed by atoms with Crippen molar-refractivity contribution >= 4 is 22.7 Å². The fourth-order valence-electron chi connectivity index (χ4n) is 2.17. The second kappa shape index (κ2) is 11.0. The Morgan fingerprint density at radius 2 is 1.64 bits per heavy atom. The Morgan fingerprint density at radius 3 is 2.28 bits per heavy atom. The van der Waals surface area contributed by atoms with Crippen molar-refractivity contribution in [1.82, 2.24) is 4.90 Å². The molecule has 136 valence electrons. The second-order valence-electron chi connectivity index (χ2n) is 5.59. The predicted molar refractivity (Wildman–Crippen MR) is 97.1 cm³/mol. The molecule has 2 N–H and O–H groups in total. The van der Waals surface area contributed by atoms with Gasteiger partial charge in [-0.05, 0) is 31.5 Å². The third-order valence-electron chi connectivity index (χ3n) is 3.56. The standard InChI is InChI=1S/C17H23NO.C2H2O4/c1-3-4-12-18(2)13-14-19-17-11-7-9-15-8-5-6-10-16(15)17;3-1(4)2(5)6/h5-11H,3-4,12-14H2,1-2H3;(H,3,4)(H,5,6). The molecule has 0 atom stereocenters. The Morgan fingerprint density at radius 1 is 1.00 bits per heavy atom. The van der Waals surface area contributed by atoms with Gasteiger partial charge in [-0.25, -0.2) is 9.59 Å². The lowest BCUT2D eigenvalue weighted by molar-refractivity contribution is -0.159. The van der Waals surface area contributed by atoms with Gasteiger partial charge in [0.2, 0.25) is 0 Å². The minimum atomic E-state index is -1.82. The smallest absolute Gasteiger partial charge is 0.414 e. The summed E-state index contributed by atoms with van der Waals surface area (Å²) in [6.07, 6.45) is 2.50. The van der Waals surface area contributed by atoms with E-state index in [1.165, 1.54) is 23.6 Å². The Bertz CT molecular complexity index is 669. The van der Waals surface area contributed by atoms with E-state index in [-0.39, 0.29) is 0 Å². The summed E-state index contributed by atoms with van der Waals surface area (Å²) in [5, 5.41) is 17.2. The molecule has 2 aromatic carbocycles. The van der Waals surface area contributed by atoms with E-state index in [2.05, 4.69) is 55.3 Å². The molecular weight excluding hydrogens is 322 g/mol. The van der Waals surface area contributed by atoms with Gasteiger partial charge in [-0.3, -0.25) is 0 Å². The molecule has 0 bridgehead atoms. The van der Waals surface area contributed by atoms with E-state index < -0.39 is 11.9 Å². The van der Waals surface area contributed by atoms with Crippen LogP contribution in [0.25, 0.3) is 10.8 Å². The molecule has 0 saturated heterocycles. The minimum absolute atomic E-state index is 0.744. The van der Waals surface area contributed by atoms with Crippen molar-refractivity contribution in [3.63, 3.8) is 0 Å². The summed E-state index contributed by atoms with van der Waals surface area (Å²) in [6, 6.07) is 14.6. The largest absolute Gasteiger partial charge is 0.492 e. The monoisotopic (exact) mass is 347 g/mol. The number of benzene rings is 2. The predicted octanol–water partition coefficient (Wildman–Crippen LogP) is 3.11. The van der Waals surface area contributed by atoms with Gasteiger partial charge < -0.3 is 19.8 Å². The molecular formula is C19H25NO5. The molecule has 0 aliphatic carbocycles. The van der Waals surface area contributed by atoms with Crippen LogP contribution < -0.4 is 4.74 Å². The van der Waals surface area contributed by atoms with Gasteiger partial charge >= 0.3 is 11.9 Å². The van der Waals surface area contributed by atoms with Crippen molar-refractivity contribution < 1.29 is 24.5 Å². The van der Waals surface area contributed by atoms with E-state index in [0.717, 1.165) is 25.4 Å². The van der Waals surface area contributed by atoms with Crippen LogP contribution in [0.2, 0.25) is 0 Å². The highest BCUT2D eigenvalue weighted by atomic mass is 16.5. The number of fused-ring (bicyclic) bond motifs is 1. The molecule has 6 nitrogen and oxygen atoms in total. The molecule has 0 heterocycles. The van der Waals surface area contributed by atoms with E-state index in [9.17, 15) is 0 Å². The molecule has 0 amide bonds. The zero-order valence-electron chi connectivity index (χ0n) is 14.6. The van der Waals surface area contributed by atoms with E-state index >= 15 is 0 Å². The van der Waals surface area contributed by atoms with Crippen LogP contribution in [0, 0.1) is 0 Å². The first-order chi connectivity index (χ1) is 12.0. The molecule has 0 aliphatic rings. The number of nitrogens with zero attached hydrogens (tertiary/aromatic N) is 1. The number of carboxylic acid groups (broad SMARTS) is 2. The van der Waals surface area contributed by atoms with Crippen molar-refractivity contribution in [3.05, 3.63) is 42.5 Å². The number of hydrogen-bond acceptors (Lipinski definition) is 4. The maximum atomic E-state index is 9.10. The summed E-state index contributed by atoms with van der Waals surface area (Å²) >= 11 is 0. The Labute approximate surface area is 147 Å². The highest BCUT2D eigenvalue weighted by Crippen LogP contribution is 2.24. The van der Waals surface area contributed by atoms with Crippen molar-refractivity contribution in [2.45, 2.75) is 19.8 Å². The van der Waals surface area contributed by atoms with Crippen molar-refractivity contribution in [3.8, 4) is 5.75 Å². The zero-order valence-corrected chi connectivity index (χ0v) is 14.6. The number of unbranched alkanes of at least 4 members (excludes halogenated alkanes) is 1. The fourth-order valence-corrected chi connectivity index (χ4v) is 2.17. The van der Waals surface area contributed by atoms with Gasteiger partial charge in [0.05, 0.1) is 0 Å². The van der Waals surface area contributed by atoms with Gasteiger partial charge in [0.25, 0.3) is 0 Å². The SMILES string of the molecule is CCCCN(C)CCOc1cccc2ccccc12.O=C(O)C(=O)O. The number of aliphatic carboxylic acids is 2. The van der Waals surface area contributed by atoms with E-state index in [1.54, 1.807) is 0 Å². The van der Waals surface area contributed by atoms with Crippen LogP contribution in [0.5, 0.6) is 5.75 Å². The lowest BCUT2D eigenvalue weighted by Gasteiger charge is -2.17. The Balaban J connectivity index is 0.000000450. The third-order valence-corrected chi connectivity index (χ3v) is 3.56. The topological polar surface area (TPSA) is 87.1 Å². The Kier molecular flexibility index (Phi) is 9.03. The first kappa shape index (κ1) is 20.4. The molecule has 2 rings (SSSR count). The van der Waals surface area contributed by atoms with Crippen LogP contribution in [0.3, 0.4) is 0 Å². The molecule has 0 aliphatic heterocycles. The van der Waals surface area contributed by atoms with E-state index in [0.29, 0.717) is 0 Å². The number of carboxylic acids is 2. The average Bonchev–Trinajstić information content (AvgIpc) is 2.60. The third kappa shape index (κ3) is 7.67. The normalized spacial score (nSPS) is 10.2. The molecule has 0 spiro atoms. The summed E-state index contributed by atoms with van der Waals surface area (Å²) in [5.41, 5.74) is 0. The summed E-state index contributed by atoms with van der Waals surface area (Å²) in [4.78, 5) is 20.5. The fraction of sp³-hybridized carbons (Fsp3) is 0.368. The molecule has 0 fully saturated rings. The number of rotatable bonds is 7. The van der Waals surface area contributed by atoms with Crippen LogP contribution in [-0.4, -0.2) is 53.8 Å². The summed E-state index contributed by atoms with van der Waals surface area (Å²) in [6.45, 7) is 5.09. The van der Waals surface area contributed by atoms with Gasteiger partial charge in [-0.2, -0.15) is 0 Å². The zero-order chi connectivity index (χ0) is 18.7. The van der Waals surface area contributed by atoms with Gasteiger partial charge in [0.15, 0.2) is 0 Å². The highest BCUT2D eigenvalue weighted by Gasteiger charge is 2.04. The van der Waals surface area contributed by atoms with Crippen LogP contribution >= 0.6 is 0 Å². The lowest BCUT2D eigenvalue weighted by Crippen LogP contribution is -2.25. The quantitative estimate of drug-likeness (QED) is 0.749. The summed E-state index contributed by atoms with van der Waals surface area (Å²) < 4.78 is 5.93. The molecule has 0 unspecified atom stereocenters. The second-order valence-corrected chi connectivity index (χ2v) is 5.59. The van der Waals surface area contributed by atoms with Gasteiger partial charge in [-0.1, -0.05) is 49.7 Å². The first-order valence-electron chi connectivity index (χ1n) is 8.21. The van der Waals surface area contributed by atoms with Gasteiger partial charge in [-0.15, -0.1) is 0 Å². The lowest BCUT2D eigenvalue weighted by atomic mass is 10.1. The molecule has 0 radical (unpaired) electrons. The highest BCUT2D eigenvalue weighted by molar-refractivity contribution is 6.27. The van der Waals surface area contributed by atoms with Crippen molar-refractivity contribution in [2.75, 3.05) is 26.7 Å². The number of likely N-dealkylation sites (N-methyl/N-ethyl adjacent to an activating group) is 1. The molecule has 2 aromatic rings. The van der Waals surface area contributed by atoms with Crippen LogP contribution in [-0.2, 0) is 9.59 Å². The Hall–Kier alpha value is -2.60. The molecule has 25 heavy (non-hydrogen) atoms. The summed E-state index contributed by atoms with van der Waals surface area (Å²) in [7, 11) is 2.15. The molecule has 6 heteroatoms.